The number of urea groups is 1. The molecule has 0 saturated carbocycles. The molecule has 3 amide bonds. The highest BCUT2D eigenvalue weighted by atomic mass is 19.1. The first-order valence-electron chi connectivity index (χ1n) is 10.2. The topological polar surface area (TPSA) is 89.5 Å². The van der Waals surface area contributed by atoms with E-state index in [2.05, 4.69) is 25.4 Å². The van der Waals surface area contributed by atoms with E-state index in [0.717, 1.165) is 44.2 Å². The smallest absolute Gasteiger partial charge is 0.324 e. The number of carbonyl (C=O) groups excluding carboxylic acids is 2. The van der Waals surface area contributed by atoms with Gasteiger partial charge in [0, 0.05) is 39.3 Å². The molecule has 164 valence electrons. The van der Waals surface area contributed by atoms with Crippen LogP contribution in [0.1, 0.15) is 12.5 Å². The number of ether oxygens (including phenoxy) is 1. The van der Waals surface area contributed by atoms with Gasteiger partial charge in [0.25, 0.3) is 0 Å². The Bertz CT molecular complexity index is 779. The summed E-state index contributed by atoms with van der Waals surface area (Å²) in [5.41, 5.74) is 0.913. The minimum absolute atomic E-state index is 0.0582. The summed E-state index contributed by atoms with van der Waals surface area (Å²) < 4.78 is 18.9. The third-order valence-electron chi connectivity index (χ3n) is 5.15. The number of amides is 3. The average molecular weight is 420 g/mol. The number of piperazine rings is 1. The van der Waals surface area contributed by atoms with E-state index in [0.29, 0.717) is 13.1 Å². The average Bonchev–Trinajstić information content (AvgIpc) is 3.06. The first kappa shape index (κ1) is 21.8. The van der Waals surface area contributed by atoms with E-state index in [1.165, 1.54) is 18.1 Å². The van der Waals surface area contributed by atoms with Gasteiger partial charge >= 0.3 is 6.03 Å². The molecule has 2 saturated heterocycles. The van der Waals surface area contributed by atoms with Crippen LogP contribution in [0.4, 0.5) is 9.18 Å². The molecule has 10 heteroatoms. The van der Waals surface area contributed by atoms with Crippen LogP contribution in [0, 0.1) is 5.82 Å². The molecule has 2 fully saturated rings. The molecule has 2 aliphatic heterocycles. The number of carbonyl (C=O) groups is 2. The Hall–Kier alpha value is -2.88. The third kappa shape index (κ3) is 5.38. The molecule has 0 aliphatic carbocycles. The fourth-order valence-electron chi connectivity index (χ4n) is 3.55. The van der Waals surface area contributed by atoms with Gasteiger partial charge in [0.1, 0.15) is 0 Å². The molecule has 1 aromatic rings. The largest absolute Gasteiger partial charge is 0.494 e. The van der Waals surface area contributed by atoms with Crippen molar-refractivity contribution < 1.29 is 18.7 Å². The number of guanidine groups is 1. The number of nitrogens with one attached hydrogen (secondary N) is 2. The zero-order valence-corrected chi connectivity index (χ0v) is 17.5. The van der Waals surface area contributed by atoms with Gasteiger partial charge in [0.05, 0.1) is 26.7 Å². The lowest BCUT2D eigenvalue weighted by atomic mass is 10.2. The number of benzene rings is 1. The van der Waals surface area contributed by atoms with Gasteiger partial charge in [0.2, 0.25) is 5.91 Å². The summed E-state index contributed by atoms with van der Waals surface area (Å²) in [7, 11) is 1.46. The lowest BCUT2D eigenvalue weighted by molar-refractivity contribution is -0.124. The van der Waals surface area contributed by atoms with E-state index in [1.54, 1.807) is 6.07 Å². The Morgan fingerprint density at radius 1 is 1.27 bits per heavy atom. The maximum atomic E-state index is 13.9. The molecule has 0 bridgehead atoms. The Morgan fingerprint density at radius 2 is 2.03 bits per heavy atom. The molecule has 2 aliphatic rings. The summed E-state index contributed by atoms with van der Waals surface area (Å²) in [4.78, 5) is 33.5. The van der Waals surface area contributed by atoms with Crippen molar-refractivity contribution in [3.8, 4) is 5.75 Å². The standard InChI is InChI=1S/C20H29FN6O3/c1-3-22-19(23-6-7-27-18(28)13-24-20(27)29)26-10-8-25(9-11-26)14-15-4-5-17(30-2)16(21)12-15/h4-5,12H,3,6-11,13-14H2,1-2H3,(H,22,23)(H,24,29). The number of hydrogen-bond donors (Lipinski definition) is 2. The van der Waals surface area contributed by atoms with Crippen molar-refractivity contribution in [1.82, 2.24) is 25.3 Å². The highest BCUT2D eigenvalue weighted by molar-refractivity contribution is 6.01. The second-order valence-electron chi connectivity index (χ2n) is 7.17. The molecule has 9 nitrogen and oxygen atoms in total. The molecule has 3 rings (SSSR count). The minimum atomic E-state index is -0.358. The third-order valence-corrected chi connectivity index (χ3v) is 5.15. The number of imide groups is 1. The number of aliphatic imine (C=N–C) groups is 1. The van der Waals surface area contributed by atoms with Crippen molar-refractivity contribution in [3.05, 3.63) is 29.6 Å². The molecule has 0 aromatic heterocycles. The van der Waals surface area contributed by atoms with Crippen molar-refractivity contribution >= 4 is 17.9 Å². The fraction of sp³-hybridized carbons (Fsp3) is 0.550. The van der Waals surface area contributed by atoms with Crippen molar-refractivity contribution in [3.63, 3.8) is 0 Å². The Morgan fingerprint density at radius 3 is 2.63 bits per heavy atom. The minimum Gasteiger partial charge on any atom is -0.494 e. The molecule has 0 radical (unpaired) electrons. The Kier molecular flexibility index (Phi) is 7.45. The first-order valence-corrected chi connectivity index (χ1v) is 10.2. The summed E-state index contributed by atoms with van der Waals surface area (Å²) in [6.45, 7) is 7.30. The number of rotatable bonds is 7. The van der Waals surface area contributed by atoms with Gasteiger partial charge in [-0.3, -0.25) is 19.6 Å². The van der Waals surface area contributed by atoms with Crippen LogP contribution in [0.25, 0.3) is 0 Å². The van der Waals surface area contributed by atoms with Crippen LogP contribution >= 0.6 is 0 Å². The molecule has 1 aromatic carbocycles. The molecule has 2 heterocycles. The van der Waals surface area contributed by atoms with Crippen LogP contribution in [0.5, 0.6) is 5.75 Å². The van der Waals surface area contributed by atoms with Gasteiger partial charge in [-0.25, -0.2) is 9.18 Å². The number of nitrogens with zero attached hydrogens (tertiary/aromatic N) is 4. The zero-order valence-electron chi connectivity index (χ0n) is 17.5. The normalized spacial score (nSPS) is 18.0. The van der Waals surface area contributed by atoms with E-state index in [4.69, 9.17) is 4.74 Å². The number of halogens is 1. The molecule has 0 atom stereocenters. The van der Waals surface area contributed by atoms with Crippen LogP contribution in [-0.4, -0.2) is 92.1 Å². The summed E-state index contributed by atoms with van der Waals surface area (Å²) in [6, 6.07) is 4.70. The molecule has 30 heavy (non-hydrogen) atoms. The van der Waals surface area contributed by atoms with Crippen LogP contribution in [0.15, 0.2) is 23.2 Å². The lowest BCUT2D eigenvalue weighted by Gasteiger charge is -2.36. The molecule has 0 spiro atoms. The Balaban J connectivity index is 1.51. The van der Waals surface area contributed by atoms with Crippen molar-refractivity contribution in [2.45, 2.75) is 13.5 Å². The van der Waals surface area contributed by atoms with Gasteiger partial charge in [-0.05, 0) is 24.6 Å². The number of hydrogen-bond acceptors (Lipinski definition) is 5. The maximum absolute atomic E-state index is 13.9. The second-order valence-corrected chi connectivity index (χ2v) is 7.17. The predicted molar refractivity (Wildman–Crippen MR) is 111 cm³/mol. The molecular formula is C20H29FN6O3. The van der Waals surface area contributed by atoms with E-state index >= 15 is 0 Å². The SMILES string of the molecule is CCNC(=NCCN1C(=O)CNC1=O)N1CCN(Cc2ccc(OC)c(F)c2)CC1. The van der Waals surface area contributed by atoms with E-state index in [9.17, 15) is 14.0 Å². The van der Waals surface area contributed by atoms with Crippen LogP contribution in [0.2, 0.25) is 0 Å². The van der Waals surface area contributed by atoms with E-state index < -0.39 is 0 Å². The summed E-state index contributed by atoms with van der Waals surface area (Å²) >= 11 is 0. The first-order chi connectivity index (χ1) is 14.5. The van der Waals surface area contributed by atoms with Crippen LogP contribution in [-0.2, 0) is 11.3 Å². The van der Waals surface area contributed by atoms with Gasteiger partial charge in [-0.2, -0.15) is 0 Å². The second kappa shape index (κ2) is 10.2. The summed E-state index contributed by atoms with van der Waals surface area (Å²) in [5.74, 6) is 0.465. The summed E-state index contributed by atoms with van der Waals surface area (Å²) in [5, 5.41) is 5.78. The van der Waals surface area contributed by atoms with Crippen molar-refractivity contribution in [2.75, 3.05) is 59.5 Å². The van der Waals surface area contributed by atoms with Gasteiger partial charge in [-0.1, -0.05) is 6.07 Å². The van der Waals surface area contributed by atoms with Crippen molar-refractivity contribution in [1.29, 1.82) is 0 Å². The van der Waals surface area contributed by atoms with Crippen molar-refractivity contribution in [2.24, 2.45) is 4.99 Å². The predicted octanol–water partition coefficient (Wildman–Crippen LogP) is 0.469. The quantitative estimate of drug-likeness (QED) is 0.379. The van der Waals surface area contributed by atoms with E-state index in [1.807, 2.05) is 13.0 Å². The van der Waals surface area contributed by atoms with Gasteiger partial charge in [0.15, 0.2) is 17.5 Å². The monoisotopic (exact) mass is 420 g/mol. The lowest BCUT2D eigenvalue weighted by Crippen LogP contribution is -2.52. The maximum Gasteiger partial charge on any atom is 0.324 e. The highest BCUT2D eigenvalue weighted by Gasteiger charge is 2.28. The summed E-state index contributed by atoms with van der Waals surface area (Å²) in [6.07, 6.45) is 0. The molecule has 2 N–H and O–H groups in total. The van der Waals surface area contributed by atoms with Crippen LogP contribution in [0.3, 0.4) is 0 Å². The molecule has 0 unspecified atom stereocenters. The van der Waals surface area contributed by atoms with Gasteiger partial charge in [-0.15, -0.1) is 0 Å². The van der Waals surface area contributed by atoms with Crippen LogP contribution < -0.4 is 15.4 Å². The zero-order chi connectivity index (χ0) is 21.5. The fourth-order valence-corrected chi connectivity index (χ4v) is 3.55. The highest BCUT2D eigenvalue weighted by Crippen LogP contribution is 2.19. The van der Waals surface area contributed by atoms with Gasteiger partial charge < -0.3 is 20.3 Å². The van der Waals surface area contributed by atoms with E-state index in [-0.39, 0.29) is 36.6 Å². The molecular weight excluding hydrogens is 391 g/mol. The number of methoxy groups -OCH3 is 1. The Labute approximate surface area is 175 Å².